The summed E-state index contributed by atoms with van der Waals surface area (Å²) < 4.78 is 41.4. The first-order valence-corrected chi connectivity index (χ1v) is 10.0. The molecule has 0 N–H and O–H groups in total. The normalized spacial score (nSPS) is 19.3. The van der Waals surface area contributed by atoms with Crippen molar-refractivity contribution in [2.75, 3.05) is 11.9 Å². The van der Waals surface area contributed by atoms with Crippen molar-refractivity contribution in [3.05, 3.63) is 45.9 Å². The number of hydrogen-bond donors (Lipinski definition) is 0. The highest BCUT2D eigenvalue weighted by molar-refractivity contribution is 5.44. The molecule has 0 radical (unpaired) electrons. The number of halogens is 2. The Morgan fingerprint density at radius 2 is 1.83 bits per heavy atom. The second kappa shape index (κ2) is 8.00. The number of ether oxygens (including phenoxy) is 2. The van der Waals surface area contributed by atoms with Crippen LogP contribution < -0.4 is 20.1 Å². The zero-order valence-corrected chi connectivity index (χ0v) is 16.7. The third kappa shape index (κ3) is 4.06. The van der Waals surface area contributed by atoms with Crippen LogP contribution in [0.4, 0.5) is 14.6 Å². The molecule has 156 valence electrons. The fourth-order valence-electron chi connectivity index (χ4n) is 3.92. The van der Waals surface area contributed by atoms with Crippen LogP contribution in [0.1, 0.15) is 44.6 Å². The van der Waals surface area contributed by atoms with Gasteiger partial charge in [0, 0.05) is 25.7 Å². The van der Waals surface area contributed by atoms with Crippen LogP contribution >= 0.6 is 0 Å². The monoisotopic (exact) mass is 405 g/mol. The lowest BCUT2D eigenvalue weighted by Crippen LogP contribution is -2.41. The van der Waals surface area contributed by atoms with Crippen LogP contribution in [0.5, 0.6) is 11.6 Å². The molecule has 0 unspecified atom stereocenters. The Morgan fingerprint density at radius 3 is 2.52 bits per heavy atom. The first-order valence-electron chi connectivity index (χ1n) is 10.0. The van der Waals surface area contributed by atoms with E-state index in [1.807, 2.05) is 11.9 Å². The van der Waals surface area contributed by atoms with E-state index in [0.29, 0.717) is 18.2 Å². The Balaban J connectivity index is 1.49. The number of nitrogens with zero attached hydrogens (tertiary/aromatic N) is 3. The summed E-state index contributed by atoms with van der Waals surface area (Å²) >= 11 is 0. The molecule has 1 fully saturated rings. The Labute approximate surface area is 168 Å². The van der Waals surface area contributed by atoms with E-state index < -0.39 is 17.3 Å². The summed E-state index contributed by atoms with van der Waals surface area (Å²) in [7, 11) is 1.91. The minimum absolute atomic E-state index is 0.104. The molecule has 2 heterocycles. The predicted octanol–water partition coefficient (Wildman–Crippen LogP) is 3.65. The lowest BCUT2D eigenvalue weighted by Gasteiger charge is -2.34. The summed E-state index contributed by atoms with van der Waals surface area (Å²) in [6.45, 7) is 2.58. The molecule has 6 nitrogen and oxygen atoms in total. The van der Waals surface area contributed by atoms with Crippen molar-refractivity contribution in [1.29, 1.82) is 0 Å². The van der Waals surface area contributed by atoms with Gasteiger partial charge in [0.25, 0.3) is 0 Å². The van der Waals surface area contributed by atoms with Gasteiger partial charge in [0.1, 0.15) is 12.4 Å². The molecule has 0 saturated heterocycles. The van der Waals surface area contributed by atoms with Crippen molar-refractivity contribution in [2.45, 2.75) is 64.3 Å². The third-order valence-corrected chi connectivity index (χ3v) is 5.79. The number of hydrogen-bond acceptors (Lipinski definition) is 5. The number of aromatic nitrogens is 2. The van der Waals surface area contributed by atoms with E-state index in [4.69, 9.17) is 9.47 Å². The molecule has 1 aromatic heterocycles. The van der Waals surface area contributed by atoms with Crippen molar-refractivity contribution in [2.24, 2.45) is 0 Å². The Bertz CT molecular complexity index is 934. The quantitative estimate of drug-likeness (QED) is 0.760. The van der Waals surface area contributed by atoms with Crippen LogP contribution in [0.25, 0.3) is 0 Å². The topological polar surface area (TPSA) is 56.6 Å². The van der Waals surface area contributed by atoms with Gasteiger partial charge >= 0.3 is 5.69 Å². The van der Waals surface area contributed by atoms with Gasteiger partial charge in [-0.25, -0.2) is 13.6 Å². The number of rotatable bonds is 5. The van der Waals surface area contributed by atoms with Crippen LogP contribution in [0.3, 0.4) is 0 Å². The molecular formula is C21H25F2N3O3. The maximum atomic E-state index is 14.4. The fraction of sp³-hybridized carbons (Fsp3) is 0.524. The second-order valence-corrected chi connectivity index (χ2v) is 7.84. The molecule has 2 aromatic rings. The lowest BCUT2D eigenvalue weighted by molar-refractivity contribution is 0.190. The van der Waals surface area contributed by atoms with Gasteiger partial charge < -0.3 is 14.4 Å². The summed E-state index contributed by atoms with van der Waals surface area (Å²) in [5, 5.41) is 0. The Kier molecular flexibility index (Phi) is 5.43. The van der Waals surface area contributed by atoms with E-state index in [2.05, 4.69) is 11.9 Å². The van der Waals surface area contributed by atoms with E-state index in [0.717, 1.165) is 37.9 Å². The summed E-state index contributed by atoms with van der Waals surface area (Å²) in [6.07, 6.45) is 4.39. The highest BCUT2D eigenvalue weighted by Crippen LogP contribution is 2.30. The van der Waals surface area contributed by atoms with E-state index in [1.54, 1.807) is 10.6 Å². The molecule has 0 spiro atoms. The highest BCUT2D eigenvalue weighted by Gasteiger charge is 2.23. The van der Waals surface area contributed by atoms with E-state index in [9.17, 15) is 13.6 Å². The van der Waals surface area contributed by atoms with Gasteiger partial charge in [-0.2, -0.15) is 4.98 Å². The zero-order valence-electron chi connectivity index (χ0n) is 16.7. The molecule has 0 amide bonds. The molecule has 29 heavy (non-hydrogen) atoms. The van der Waals surface area contributed by atoms with Crippen LogP contribution in [0, 0.1) is 11.6 Å². The molecule has 1 atom stereocenters. The molecule has 1 saturated carbocycles. The zero-order chi connectivity index (χ0) is 20.5. The van der Waals surface area contributed by atoms with Crippen molar-refractivity contribution < 1.29 is 18.3 Å². The lowest BCUT2D eigenvalue weighted by atomic mass is 10.1. The maximum Gasteiger partial charge on any atom is 0.352 e. The van der Waals surface area contributed by atoms with Gasteiger partial charge in [-0.15, -0.1) is 0 Å². The number of anilines is 1. The molecule has 1 aromatic carbocycles. The van der Waals surface area contributed by atoms with Gasteiger partial charge in [0.15, 0.2) is 17.4 Å². The molecule has 1 aliphatic heterocycles. The van der Waals surface area contributed by atoms with Gasteiger partial charge in [-0.05, 0) is 56.7 Å². The average Bonchev–Trinajstić information content (AvgIpc) is 3.19. The van der Waals surface area contributed by atoms with Crippen LogP contribution in [0.2, 0.25) is 0 Å². The average molecular weight is 405 g/mol. The standard InChI is InChI=1S/C21H25F2N3O3/c1-13-7-8-26-19(25(13)2)11-18(24-21(26)27)28-12-14-9-16(22)20(17(23)10-14)29-15-5-3-4-6-15/h9-11,13,15H,3-8,12H2,1-2H3/t13-/m1/s1. The summed E-state index contributed by atoms with van der Waals surface area (Å²) in [4.78, 5) is 18.2. The SMILES string of the molecule is C[C@@H]1CCn2c(cc(OCc3cc(F)c(OC4CCCC4)c(F)c3)nc2=O)N1C. The maximum absolute atomic E-state index is 14.4. The van der Waals surface area contributed by atoms with Gasteiger partial charge in [0.05, 0.1) is 6.10 Å². The molecular weight excluding hydrogens is 380 g/mol. The van der Waals surface area contributed by atoms with E-state index in [-0.39, 0.29) is 24.3 Å². The summed E-state index contributed by atoms with van der Waals surface area (Å²) in [5.41, 5.74) is -0.0889. The van der Waals surface area contributed by atoms with Crippen molar-refractivity contribution in [3.8, 4) is 11.6 Å². The Hall–Kier alpha value is -2.64. The van der Waals surface area contributed by atoms with E-state index >= 15 is 0 Å². The minimum atomic E-state index is -0.748. The van der Waals surface area contributed by atoms with Crippen molar-refractivity contribution >= 4 is 5.82 Å². The van der Waals surface area contributed by atoms with Crippen molar-refractivity contribution in [3.63, 3.8) is 0 Å². The third-order valence-electron chi connectivity index (χ3n) is 5.79. The first kappa shape index (κ1) is 19.7. The minimum Gasteiger partial charge on any atom is -0.484 e. The smallest absolute Gasteiger partial charge is 0.352 e. The van der Waals surface area contributed by atoms with Crippen LogP contribution in [-0.2, 0) is 13.2 Å². The van der Waals surface area contributed by atoms with Gasteiger partial charge in [0.2, 0.25) is 5.88 Å². The van der Waals surface area contributed by atoms with Crippen molar-refractivity contribution in [1.82, 2.24) is 9.55 Å². The van der Waals surface area contributed by atoms with Crippen LogP contribution in [-0.4, -0.2) is 28.7 Å². The largest absolute Gasteiger partial charge is 0.484 e. The fourth-order valence-corrected chi connectivity index (χ4v) is 3.92. The van der Waals surface area contributed by atoms with Gasteiger partial charge in [-0.1, -0.05) is 0 Å². The molecule has 8 heteroatoms. The molecule has 0 bridgehead atoms. The molecule has 2 aliphatic rings. The molecule has 4 rings (SSSR count). The van der Waals surface area contributed by atoms with Gasteiger partial charge in [-0.3, -0.25) is 4.57 Å². The first-order chi connectivity index (χ1) is 13.9. The summed E-state index contributed by atoms with van der Waals surface area (Å²) in [6, 6.07) is 4.38. The number of benzene rings is 1. The second-order valence-electron chi connectivity index (χ2n) is 7.84. The van der Waals surface area contributed by atoms with Crippen LogP contribution in [0.15, 0.2) is 23.0 Å². The summed E-state index contributed by atoms with van der Waals surface area (Å²) in [5.74, 6) is -0.975. The van der Waals surface area contributed by atoms with E-state index in [1.165, 1.54) is 12.1 Å². The molecule has 1 aliphatic carbocycles. The predicted molar refractivity (Wildman–Crippen MR) is 105 cm³/mol. The highest BCUT2D eigenvalue weighted by atomic mass is 19.1. The number of fused-ring (bicyclic) bond motifs is 1. The Morgan fingerprint density at radius 1 is 1.14 bits per heavy atom.